The van der Waals surface area contributed by atoms with Crippen molar-refractivity contribution in [2.75, 3.05) is 18.4 Å². The Hall–Kier alpha value is -2.73. The molecule has 6 nitrogen and oxygen atoms in total. The minimum absolute atomic E-state index is 0.0728. The second kappa shape index (κ2) is 8.19. The van der Waals surface area contributed by atoms with Gasteiger partial charge < -0.3 is 15.0 Å². The number of nitrogens with zero attached hydrogens (tertiary/aromatic N) is 2. The van der Waals surface area contributed by atoms with Gasteiger partial charge in [-0.25, -0.2) is 0 Å². The van der Waals surface area contributed by atoms with Gasteiger partial charge in [0.15, 0.2) is 0 Å². The summed E-state index contributed by atoms with van der Waals surface area (Å²) in [6.07, 6.45) is 5.12. The van der Waals surface area contributed by atoms with Crippen LogP contribution in [-0.4, -0.2) is 46.5 Å². The van der Waals surface area contributed by atoms with Crippen LogP contribution in [-0.2, 0) is 9.53 Å². The number of likely N-dealkylation sites (tertiary alicyclic amines) is 1. The molecule has 4 rings (SSSR count). The Kier molecular flexibility index (Phi) is 5.60. The van der Waals surface area contributed by atoms with Crippen LogP contribution in [0.15, 0.2) is 42.7 Å². The summed E-state index contributed by atoms with van der Waals surface area (Å²) in [7, 11) is 0. The van der Waals surface area contributed by atoms with Crippen molar-refractivity contribution in [3.63, 3.8) is 0 Å². The molecule has 6 heteroatoms. The zero-order valence-corrected chi connectivity index (χ0v) is 17.9. The maximum atomic E-state index is 13.0. The molecule has 2 saturated heterocycles. The van der Waals surface area contributed by atoms with Gasteiger partial charge in [0.25, 0.3) is 11.8 Å². The van der Waals surface area contributed by atoms with Gasteiger partial charge in [-0.1, -0.05) is 13.0 Å². The molecule has 2 aliphatic rings. The van der Waals surface area contributed by atoms with E-state index in [1.165, 1.54) is 5.56 Å². The number of amides is 2. The molecule has 1 aromatic carbocycles. The van der Waals surface area contributed by atoms with Crippen LogP contribution in [0.2, 0.25) is 0 Å². The number of carbonyl (C=O) groups excluding carboxylic acids is 2. The Morgan fingerprint density at radius 2 is 2.03 bits per heavy atom. The van der Waals surface area contributed by atoms with Crippen molar-refractivity contribution in [1.29, 1.82) is 0 Å². The largest absolute Gasteiger partial charge is 0.362 e. The van der Waals surface area contributed by atoms with Gasteiger partial charge >= 0.3 is 0 Å². The summed E-state index contributed by atoms with van der Waals surface area (Å²) < 4.78 is 6.33. The first-order valence-electron chi connectivity index (χ1n) is 10.6. The highest BCUT2D eigenvalue weighted by molar-refractivity contribution is 5.95. The summed E-state index contributed by atoms with van der Waals surface area (Å²) in [5, 5.41) is 2.89. The number of carbonyl (C=O) groups is 2. The molecular weight excluding hydrogens is 378 g/mol. The minimum Gasteiger partial charge on any atom is -0.362 e. The lowest BCUT2D eigenvalue weighted by atomic mass is 9.80. The van der Waals surface area contributed by atoms with E-state index in [1.807, 2.05) is 36.1 Å². The molecule has 0 aliphatic carbocycles. The van der Waals surface area contributed by atoms with E-state index in [2.05, 4.69) is 24.1 Å². The van der Waals surface area contributed by atoms with Gasteiger partial charge in [0.05, 0.1) is 17.5 Å². The van der Waals surface area contributed by atoms with E-state index >= 15 is 0 Å². The summed E-state index contributed by atoms with van der Waals surface area (Å²) in [5.74, 6) is 0.113. The topological polar surface area (TPSA) is 71.5 Å². The van der Waals surface area contributed by atoms with Crippen LogP contribution >= 0.6 is 0 Å². The molecule has 0 radical (unpaired) electrons. The van der Waals surface area contributed by atoms with Crippen molar-refractivity contribution in [2.45, 2.75) is 51.7 Å². The number of hydrogen-bond acceptors (Lipinski definition) is 4. The quantitative estimate of drug-likeness (QED) is 0.841. The SMILES string of the molecule is Cc1ccc(C(=O)N2CC[C@]3(CC[C@@H](C(=O)Nc4cccnc4)O3)[C@H](C)C2)cc1C. The summed E-state index contributed by atoms with van der Waals surface area (Å²) in [6, 6.07) is 9.48. The van der Waals surface area contributed by atoms with Gasteiger partial charge in [-0.15, -0.1) is 0 Å². The Balaban J connectivity index is 1.38. The van der Waals surface area contributed by atoms with Crippen molar-refractivity contribution in [2.24, 2.45) is 5.92 Å². The minimum atomic E-state index is -0.463. The Labute approximate surface area is 177 Å². The molecule has 1 aromatic heterocycles. The van der Waals surface area contributed by atoms with Crippen LogP contribution in [0.4, 0.5) is 5.69 Å². The number of nitrogens with one attached hydrogen (secondary N) is 1. The molecule has 30 heavy (non-hydrogen) atoms. The van der Waals surface area contributed by atoms with E-state index in [0.29, 0.717) is 25.2 Å². The number of aromatic nitrogens is 1. The number of hydrogen-bond donors (Lipinski definition) is 1. The van der Waals surface area contributed by atoms with Gasteiger partial charge in [-0.3, -0.25) is 14.6 Å². The highest BCUT2D eigenvalue weighted by atomic mass is 16.5. The molecule has 1 N–H and O–H groups in total. The van der Waals surface area contributed by atoms with Crippen molar-refractivity contribution in [3.05, 3.63) is 59.4 Å². The molecule has 3 atom stereocenters. The van der Waals surface area contributed by atoms with Crippen LogP contribution in [0.5, 0.6) is 0 Å². The number of pyridine rings is 1. The van der Waals surface area contributed by atoms with Gasteiger partial charge in [-0.2, -0.15) is 0 Å². The van der Waals surface area contributed by atoms with Crippen LogP contribution in [0.3, 0.4) is 0 Å². The van der Waals surface area contributed by atoms with Crippen molar-refractivity contribution >= 4 is 17.5 Å². The standard InChI is InChI=1S/C24H29N3O3/c1-16-6-7-19(13-17(16)2)23(29)27-12-10-24(18(3)15-27)9-8-21(30-24)22(28)26-20-5-4-11-25-14-20/h4-7,11,13-14,18,21H,8-10,12,15H2,1-3H3,(H,26,28)/t18-,21+,24-/m1/s1. The molecule has 158 valence electrons. The monoisotopic (exact) mass is 407 g/mol. The summed E-state index contributed by atoms with van der Waals surface area (Å²) in [4.78, 5) is 31.6. The molecule has 2 fully saturated rings. The van der Waals surface area contributed by atoms with Crippen molar-refractivity contribution in [3.8, 4) is 0 Å². The molecule has 2 aliphatic heterocycles. The zero-order chi connectivity index (χ0) is 21.3. The van der Waals surface area contributed by atoms with E-state index < -0.39 is 6.10 Å². The Bertz CT molecular complexity index is 946. The van der Waals surface area contributed by atoms with E-state index in [4.69, 9.17) is 4.74 Å². The summed E-state index contributed by atoms with van der Waals surface area (Å²) >= 11 is 0. The van der Waals surface area contributed by atoms with Gasteiger partial charge in [-0.05, 0) is 68.5 Å². The first-order chi connectivity index (χ1) is 14.4. The van der Waals surface area contributed by atoms with E-state index in [9.17, 15) is 9.59 Å². The molecule has 3 heterocycles. The molecular formula is C24H29N3O3. The number of ether oxygens (including phenoxy) is 1. The lowest BCUT2D eigenvalue weighted by Gasteiger charge is -2.44. The van der Waals surface area contributed by atoms with Gasteiger partial charge in [0.2, 0.25) is 0 Å². The summed E-state index contributed by atoms with van der Waals surface area (Å²) in [6.45, 7) is 7.49. The second-order valence-electron chi connectivity index (χ2n) is 8.64. The molecule has 0 unspecified atom stereocenters. The Morgan fingerprint density at radius 1 is 1.20 bits per heavy atom. The maximum absolute atomic E-state index is 13.0. The molecule has 1 spiro atoms. The third-order valence-electron chi connectivity index (χ3n) is 6.67. The van der Waals surface area contributed by atoms with Crippen LogP contribution in [0, 0.1) is 19.8 Å². The fraction of sp³-hybridized carbons (Fsp3) is 0.458. The molecule has 0 bridgehead atoms. The van der Waals surface area contributed by atoms with Gasteiger partial charge in [0.1, 0.15) is 6.10 Å². The predicted molar refractivity (Wildman–Crippen MR) is 115 cm³/mol. The van der Waals surface area contributed by atoms with Crippen LogP contribution < -0.4 is 5.32 Å². The third-order valence-corrected chi connectivity index (χ3v) is 6.67. The summed E-state index contributed by atoms with van der Waals surface area (Å²) in [5.41, 5.74) is 3.39. The first kappa shape index (κ1) is 20.5. The number of benzene rings is 1. The van der Waals surface area contributed by atoms with Gasteiger partial charge in [0, 0.05) is 30.8 Å². The smallest absolute Gasteiger partial charge is 0.253 e. The van der Waals surface area contributed by atoms with E-state index in [1.54, 1.807) is 18.5 Å². The average Bonchev–Trinajstić information content (AvgIpc) is 3.18. The number of piperidine rings is 1. The lowest BCUT2D eigenvalue weighted by Crippen LogP contribution is -2.52. The highest BCUT2D eigenvalue weighted by Gasteiger charge is 2.49. The second-order valence-corrected chi connectivity index (χ2v) is 8.64. The Morgan fingerprint density at radius 3 is 2.73 bits per heavy atom. The number of rotatable bonds is 3. The molecule has 2 amide bonds. The molecule has 0 saturated carbocycles. The molecule has 2 aromatic rings. The highest BCUT2D eigenvalue weighted by Crippen LogP contribution is 2.42. The fourth-order valence-electron chi connectivity index (χ4n) is 4.57. The predicted octanol–water partition coefficient (Wildman–Crippen LogP) is 3.74. The van der Waals surface area contributed by atoms with Crippen LogP contribution in [0.25, 0.3) is 0 Å². The van der Waals surface area contributed by atoms with Crippen molar-refractivity contribution < 1.29 is 14.3 Å². The lowest BCUT2D eigenvalue weighted by molar-refractivity contribution is -0.141. The van der Waals surface area contributed by atoms with E-state index in [0.717, 1.165) is 24.0 Å². The van der Waals surface area contributed by atoms with Crippen LogP contribution in [0.1, 0.15) is 47.7 Å². The fourth-order valence-corrected chi connectivity index (χ4v) is 4.57. The normalized spacial score (nSPS) is 26.0. The number of anilines is 1. The number of aryl methyl sites for hydroxylation is 2. The average molecular weight is 408 g/mol. The van der Waals surface area contributed by atoms with Crippen molar-refractivity contribution in [1.82, 2.24) is 9.88 Å². The maximum Gasteiger partial charge on any atom is 0.253 e. The first-order valence-corrected chi connectivity index (χ1v) is 10.6. The third kappa shape index (κ3) is 3.97. The zero-order valence-electron chi connectivity index (χ0n) is 17.9. The van der Waals surface area contributed by atoms with E-state index in [-0.39, 0.29) is 23.3 Å².